The van der Waals surface area contributed by atoms with Gasteiger partial charge in [0.05, 0.1) is 0 Å². The number of carbonyl (C=O) groups excluding carboxylic acids is 1. The van der Waals surface area contributed by atoms with Crippen molar-refractivity contribution >= 4 is 17.7 Å². The number of ether oxygens (including phenoxy) is 1. The molecule has 0 radical (unpaired) electrons. The molecule has 122 valence electrons. The molecule has 22 heavy (non-hydrogen) atoms. The van der Waals surface area contributed by atoms with Gasteiger partial charge in [-0.15, -0.1) is 0 Å². The third kappa shape index (κ3) is 4.63. The van der Waals surface area contributed by atoms with Crippen molar-refractivity contribution in [2.75, 3.05) is 5.75 Å². The smallest absolute Gasteiger partial charge is 0.316 e. The van der Waals surface area contributed by atoms with E-state index in [9.17, 15) is 10.0 Å². The summed E-state index contributed by atoms with van der Waals surface area (Å²) in [5, 5.41) is 12.1. The molecule has 0 saturated heterocycles. The second-order valence-electron chi connectivity index (χ2n) is 6.51. The predicted molar refractivity (Wildman–Crippen MR) is 87.3 cm³/mol. The molecule has 1 aromatic heterocycles. The first-order valence-corrected chi connectivity index (χ1v) is 8.96. The summed E-state index contributed by atoms with van der Waals surface area (Å²) in [5.41, 5.74) is 0. The number of carbonyl (C=O) groups is 1. The molecule has 3 atom stereocenters. The zero-order valence-electron chi connectivity index (χ0n) is 13.5. The normalized spacial score (nSPS) is 25.2. The van der Waals surface area contributed by atoms with E-state index in [0.29, 0.717) is 22.8 Å². The van der Waals surface area contributed by atoms with E-state index in [4.69, 9.17) is 4.74 Å². The summed E-state index contributed by atoms with van der Waals surface area (Å²) in [5.74, 6) is 1.54. The Morgan fingerprint density at radius 2 is 2.23 bits per heavy atom. The molecule has 1 aliphatic carbocycles. The lowest BCUT2D eigenvalue weighted by Crippen LogP contribution is -2.36. The summed E-state index contributed by atoms with van der Waals surface area (Å²) >= 11 is 1.23. The second-order valence-corrected chi connectivity index (χ2v) is 7.50. The second kappa shape index (κ2) is 7.86. The van der Waals surface area contributed by atoms with E-state index in [1.807, 2.05) is 0 Å². The van der Waals surface area contributed by atoms with E-state index in [-0.39, 0.29) is 17.8 Å². The van der Waals surface area contributed by atoms with Crippen molar-refractivity contribution in [3.63, 3.8) is 0 Å². The molecule has 1 aliphatic rings. The lowest BCUT2D eigenvalue weighted by molar-refractivity contribution is -0.645. The van der Waals surface area contributed by atoms with Gasteiger partial charge in [0, 0.05) is 12.1 Å². The Morgan fingerprint density at radius 1 is 1.45 bits per heavy atom. The van der Waals surface area contributed by atoms with Crippen LogP contribution in [-0.2, 0) is 9.53 Å². The number of aromatic nitrogens is 1. The Balaban J connectivity index is 1.88. The van der Waals surface area contributed by atoms with Crippen molar-refractivity contribution < 1.29 is 14.3 Å². The molecule has 0 spiro atoms. The molecule has 4 nitrogen and oxygen atoms in total. The van der Waals surface area contributed by atoms with E-state index in [1.165, 1.54) is 24.4 Å². The summed E-state index contributed by atoms with van der Waals surface area (Å²) in [6, 6.07) is 5.18. The number of rotatable bonds is 5. The minimum absolute atomic E-state index is 0.0204. The highest BCUT2D eigenvalue weighted by Crippen LogP contribution is 2.35. The van der Waals surface area contributed by atoms with Crippen molar-refractivity contribution in [1.82, 2.24) is 0 Å². The van der Waals surface area contributed by atoms with Crippen molar-refractivity contribution in [3.05, 3.63) is 29.6 Å². The van der Waals surface area contributed by atoms with Gasteiger partial charge in [0.1, 0.15) is 11.9 Å². The third-order valence-electron chi connectivity index (χ3n) is 4.37. The first kappa shape index (κ1) is 17.1. The largest absolute Gasteiger partial charge is 0.618 e. The first-order valence-electron chi connectivity index (χ1n) is 7.98. The Morgan fingerprint density at radius 3 is 2.91 bits per heavy atom. The summed E-state index contributed by atoms with van der Waals surface area (Å²) < 4.78 is 6.50. The van der Waals surface area contributed by atoms with Gasteiger partial charge in [-0.25, -0.2) is 0 Å². The Kier molecular flexibility index (Phi) is 6.12. The minimum atomic E-state index is -0.224. The molecule has 5 heteroatoms. The van der Waals surface area contributed by atoms with Crippen LogP contribution in [0.25, 0.3) is 0 Å². The molecule has 2 rings (SSSR count). The zero-order chi connectivity index (χ0) is 16.1. The average molecular weight is 323 g/mol. The maximum Gasteiger partial charge on any atom is 0.316 e. The van der Waals surface area contributed by atoms with E-state index in [2.05, 4.69) is 20.8 Å². The van der Waals surface area contributed by atoms with Crippen LogP contribution in [0.2, 0.25) is 0 Å². The van der Waals surface area contributed by atoms with Crippen molar-refractivity contribution in [1.29, 1.82) is 0 Å². The molecular formula is C17H25NO3S. The zero-order valence-corrected chi connectivity index (χ0v) is 14.3. The SMILES string of the molecule is CC(C)[C@H]1CC[C@@H](C)C[C@H]1OC(=O)CSc1cccc[n+]1[O-]. The molecule has 0 N–H and O–H groups in total. The van der Waals surface area contributed by atoms with Gasteiger partial charge in [0.2, 0.25) is 0 Å². The van der Waals surface area contributed by atoms with Crippen LogP contribution in [0, 0.1) is 23.0 Å². The van der Waals surface area contributed by atoms with Gasteiger partial charge in [-0.1, -0.05) is 27.2 Å². The number of hydrogen-bond acceptors (Lipinski definition) is 4. The van der Waals surface area contributed by atoms with Crippen molar-refractivity contribution in [3.8, 4) is 0 Å². The van der Waals surface area contributed by atoms with Gasteiger partial charge >= 0.3 is 5.97 Å². The lowest BCUT2D eigenvalue weighted by atomic mass is 9.75. The van der Waals surface area contributed by atoms with Gasteiger partial charge in [-0.3, -0.25) is 4.79 Å². The molecule has 1 heterocycles. The highest BCUT2D eigenvalue weighted by molar-refractivity contribution is 7.99. The number of hydrogen-bond donors (Lipinski definition) is 0. The molecule has 1 aromatic rings. The van der Waals surface area contributed by atoms with E-state index < -0.39 is 0 Å². The van der Waals surface area contributed by atoms with Crippen LogP contribution in [0.3, 0.4) is 0 Å². The molecule has 0 amide bonds. The molecule has 0 unspecified atom stereocenters. The number of thioether (sulfide) groups is 1. The van der Waals surface area contributed by atoms with Gasteiger partial charge < -0.3 is 9.94 Å². The van der Waals surface area contributed by atoms with Crippen LogP contribution < -0.4 is 4.73 Å². The number of pyridine rings is 1. The van der Waals surface area contributed by atoms with Gasteiger partial charge in [0.15, 0.2) is 6.20 Å². The van der Waals surface area contributed by atoms with Crippen molar-refractivity contribution in [2.24, 2.45) is 17.8 Å². The maximum atomic E-state index is 12.1. The number of nitrogens with zero attached hydrogens (tertiary/aromatic N) is 1. The van der Waals surface area contributed by atoms with Gasteiger partial charge in [-0.05, 0) is 48.4 Å². The predicted octanol–water partition coefficient (Wildman–Crippen LogP) is 3.42. The van der Waals surface area contributed by atoms with Crippen LogP contribution in [0.4, 0.5) is 0 Å². The molecule has 1 saturated carbocycles. The average Bonchev–Trinajstić information content (AvgIpc) is 2.46. The molecule has 0 aromatic carbocycles. The molecule has 0 aliphatic heterocycles. The highest BCUT2D eigenvalue weighted by Gasteiger charge is 2.33. The van der Waals surface area contributed by atoms with Crippen LogP contribution >= 0.6 is 11.8 Å². The van der Waals surface area contributed by atoms with E-state index in [1.54, 1.807) is 18.2 Å². The molecular weight excluding hydrogens is 298 g/mol. The maximum absolute atomic E-state index is 12.1. The van der Waals surface area contributed by atoms with Gasteiger partial charge in [-0.2, -0.15) is 4.73 Å². The summed E-state index contributed by atoms with van der Waals surface area (Å²) in [4.78, 5) is 12.1. The molecule has 1 fully saturated rings. The van der Waals surface area contributed by atoms with E-state index in [0.717, 1.165) is 17.6 Å². The van der Waals surface area contributed by atoms with E-state index >= 15 is 0 Å². The summed E-state index contributed by atoms with van der Waals surface area (Å²) in [6.07, 6.45) is 4.75. The third-order valence-corrected chi connectivity index (χ3v) is 5.36. The van der Waals surface area contributed by atoms with Crippen LogP contribution in [0.15, 0.2) is 29.4 Å². The fourth-order valence-electron chi connectivity index (χ4n) is 3.11. The minimum Gasteiger partial charge on any atom is -0.618 e. The number of esters is 1. The fraction of sp³-hybridized carbons (Fsp3) is 0.647. The summed E-state index contributed by atoms with van der Waals surface area (Å²) in [6.45, 7) is 6.61. The van der Waals surface area contributed by atoms with Crippen LogP contribution in [0.5, 0.6) is 0 Å². The Bertz CT molecular complexity index is 506. The van der Waals surface area contributed by atoms with Crippen LogP contribution in [0.1, 0.15) is 40.0 Å². The monoisotopic (exact) mass is 323 g/mol. The fourth-order valence-corrected chi connectivity index (χ4v) is 3.81. The standard InChI is InChI=1S/C17H25NO3S/c1-12(2)14-8-7-13(3)10-15(14)21-17(19)11-22-16-6-4-5-9-18(16)20/h4-6,9,12-15H,7-8,10-11H2,1-3H3/t13-,14-,15-/m1/s1. The summed E-state index contributed by atoms with van der Waals surface area (Å²) in [7, 11) is 0. The lowest BCUT2D eigenvalue weighted by Gasteiger charge is -2.36. The van der Waals surface area contributed by atoms with Gasteiger partial charge in [0.25, 0.3) is 5.03 Å². The molecule has 0 bridgehead atoms. The Hall–Kier alpha value is -1.23. The quantitative estimate of drug-likeness (QED) is 0.361. The first-order chi connectivity index (χ1) is 10.5. The Labute approximate surface area is 136 Å². The van der Waals surface area contributed by atoms with Crippen LogP contribution in [-0.4, -0.2) is 17.8 Å². The highest BCUT2D eigenvalue weighted by atomic mass is 32.2. The van der Waals surface area contributed by atoms with Crippen molar-refractivity contribution in [2.45, 2.75) is 51.2 Å². The topological polar surface area (TPSA) is 53.2 Å².